The number of benzene rings is 1. The Morgan fingerprint density at radius 2 is 1.88 bits per heavy atom. The highest BCUT2D eigenvalue weighted by Gasteiger charge is 2.22. The zero-order valence-electron chi connectivity index (χ0n) is 14.7. The first-order valence-electron chi connectivity index (χ1n) is 8.08. The molecule has 0 spiro atoms. The van der Waals surface area contributed by atoms with E-state index in [2.05, 4.69) is 9.97 Å². The molecule has 0 radical (unpaired) electrons. The maximum Gasteiger partial charge on any atom is 0.227 e. The molecule has 0 aliphatic carbocycles. The summed E-state index contributed by atoms with van der Waals surface area (Å²) in [6, 6.07) is 8.92. The fourth-order valence-electron chi connectivity index (χ4n) is 2.66. The number of nitrogens with zero attached hydrogens (tertiary/aromatic N) is 2. The zero-order chi connectivity index (χ0) is 18.8. The van der Waals surface area contributed by atoms with Gasteiger partial charge in [-0.05, 0) is 31.5 Å². The SMILES string of the molecule is CC(=O)Cc1cc(-c2nc(-c3ccccc3Cl)c(C(C)=O)o2)c(C)cn1. The highest BCUT2D eigenvalue weighted by Crippen LogP contribution is 2.34. The van der Waals surface area contributed by atoms with Crippen molar-refractivity contribution in [3.63, 3.8) is 0 Å². The lowest BCUT2D eigenvalue weighted by molar-refractivity contribution is -0.116. The predicted octanol–water partition coefficient (Wildman–Crippen LogP) is 4.70. The van der Waals surface area contributed by atoms with Crippen molar-refractivity contribution < 1.29 is 14.0 Å². The standard InChI is InChI=1S/C20H17ClN2O3/c1-11-10-22-14(8-12(2)24)9-16(11)20-23-18(19(26-20)13(3)25)15-6-4-5-7-17(15)21/h4-7,9-10H,8H2,1-3H3. The number of oxazole rings is 1. The normalized spacial score (nSPS) is 10.8. The number of rotatable bonds is 5. The molecule has 2 heterocycles. The molecule has 0 unspecified atom stereocenters. The molecule has 0 fully saturated rings. The Bertz CT molecular complexity index is 1010. The summed E-state index contributed by atoms with van der Waals surface area (Å²) < 4.78 is 5.78. The van der Waals surface area contributed by atoms with Gasteiger partial charge in [-0.1, -0.05) is 29.8 Å². The largest absolute Gasteiger partial charge is 0.432 e. The quantitative estimate of drug-likeness (QED) is 0.610. The maximum atomic E-state index is 12.1. The molecule has 1 aromatic carbocycles. The van der Waals surface area contributed by atoms with Crippen LogP contribution in [0, 0.1) is 6.92 Å². The number of ketones is 2. The minimum absolute atomic E-state index is 0.0147. The van der Waals surface area contributed by atoms with Gasteiger partial charge >= 0.3 is 0 Å². The molecule has 26 heavy (non-hydrogen) atoms. The van der Waals surface area contributed by atoms with Crippen molar-refractivity contribution in [2.75, 3.05) is 0 Å². The molecule has 0 saturated carbocycles. The number of hydrogen-bond acceptors (Lipinski definition) is 5. The highest BCUT2D eigenvalue weighted by molar-refractivity contribution is 6.33. The monoisotopic (exact) mass is 368 g/mol. The summed E-state index contributed by atoms with van der Waals surface area (Å²) >= 11 is 6.26. The van der Waals surface area contributed by atoms with Gasteiger partial charge in [0.05, 0.1) is 5.02 Å². The van der Waals surface area contributed by atoms with E-state index in [1.54, 1.807) is 30.5 Å². The van der Waals surface area contributed by atoms with Crippen LogP contribution < -0.4 is 0 Å². The summed E-state index contributed by atoms with van der Waals surface area (Å²) in [5.74, 6) is 0.225. The summed E-state index contributed by atoms with van der Waals surface area (Å²) in [5, 5.41) is 0.485. The Kier molecular flexibility index (Phi) is 5.00. The van der Waals surface area contributed by atoms with Gasteiger partial charge in [0.2, 0.25) is 5.89 Å². The lowest BCUT2D eigenvalue weighted by Crippen LogP contribution is -2.00. The van der Waals surface area contributed by atoms with Crippen LogP contribution in [0.3, 0.4) is 0 Å². The van der Waals surface area contributed by atoms with Crippen LogP contribution in [0.4, 0.5) is 0 Å². The molecule has 132 valence electrons. The van der Waals surface area contributed by atoms with Crippen molar-refractivity contribution in [2.24, 2.45) is 0 Å². The first-order chi connectivity index (χ1) is 12.4. The van der Waals surface area contributed by atoms with E-state index < -0.39 is 0 Å². The Balaban J connectivity index is 2.16. The van der Waals surface area contributed by atoms with Crippen molar-refractivity contribution in [3.8, 4) is 22.7 Å². The molecule has 6 heteroatoms. The van der Waals surface area contributed by atoms with Crippen LogP contribution in [-0.2, 0) is 11.2 Å². The lowest BCUT2D eigenvalue weighted by atomic mass is 10.1. The number of aryl methyl sites for hydroxylation is 1. The molecule has 3 aromatic rings. The summed E-state index contributed by atoms with van der Waals surface area (Å²) in [7, 11) is 0. The van der Waals surface area contributed by atoms with Crippen molar-refractivity contribution >= 4 is 23.2 Å². The second-order valence-corrected chi connectivity index (χ2v) is 6.51. The van der Waals surface area contributed by atoms with Gasteiger partial charge in [-0.25, -0.2) is 4.98 Å². The van der Waals surface area contributed by atoms with E-state index in [0.29, 0.717) is 33.4 Å². The smallest absolute Gasteiger partial charge is 0.227 e. The van der Waals surface area contributed by atoms with Crippen molar-refractivity contribution in [1.82, 2.24) is 9.97 Å². The van der Waals surface area contributed by atoms with Crippen LogP contribution in [0.5, 0.6) is 0 Å². The van der Waals surface area contributed by atoms with Crippen LogP contribution in [0.25, 0.3) is 22.7 Å². The van der Waals surface area contributed by atoms with Gasteiger partial charge in [-0.2, -0.15) is 0 Å². The minimum atomic E-state index is -0.241. The first kappa shape index (κ1) is 18.0. The van der Waals surface area contributed by atoms with E-state index in [1.807, 2.05) is 13.0 Å². The first-order valence-corrected chi connectivity index (χ1v) is 8.46. The third kappa shape index (κ3) is 3.58. The van der Waals surface area contributed by atoms with E-state index in [4.69, 9.17) is 16.0 Å². The predicted molar refractivity (Wildman–Crippen MR) is 99.3 cm³/mol. The van der Waals surface area contributed by atoms with Crippen LogP contribution in [0.1, 0.15) is 35.7 Å². The number of carbonyl (C=O) groups excluding carboxylic acids is 2. The molecule has 0 atom stereocenters. The van der Waals surface area contributed by atoms with E-state index in [9.17, 15) is 9.59 Å². The van der Waals surface area contributed by atoms with Gasteiger partial charge in [0.15, 0.2) is 11.5 Å². The molecule has 5 nitrogen and oxygen atoms in total. The second kappa shape index (κ2) is 7.22. The summed E-state index contributed by atoms with van der Waals surface area (Å²) in [5.41, 5.74) is 3.18. The van der Waals surface area contributed by atoms with Gasteiger partial charge in [-0.15, -0.1) is 0 Å². The van der Waals surface area contributed by atoms with Crippen LogP contribution in [0.2, 0.25) is 5.02 Å². The molecule has 0 aliphatic heterocycles. The lowest BCUT2D eigenvalue weighted by Gasteiger charge is -2.04. The molecule has 0 N–H and O–H groups in total. The molecular weight excluding hydrogens is 352 g/mol. The number of aromatic nitrogens is 2. The Hall–Kier alpha value is -2.79. The topological polar surface area (TPSA) is 73.1 Å². The van der Waals surface area contributed by atoms with Crippen molar-refractivity contribution in [3.05, 3.63) is 58.6 Å². The fourth-order valence-corrected chi connectivity index (χ4v) is 2.88. The summed E-state index contributed by atoms with van der Waals surface area (Å²) in [4.78, 5) is 32.2. The number of hydrogen-bond donors (Lipinski definition) is 0. The Morgan fingerprint density at radius 3 is 2.54 bits per heavy atom. The number of Topliss-reactive ketones (excluding diaryl/α,β-unsaturated/α-hetero) is 2. The van der Waals surface area contributed by atoms with Crippen LogP contribution in [-0.4, -0.2) is 21.5 Å². The Labute approximate surface area is 156 Å². The molecular formula is C20H17ClN2O3. The highest BCUT2D eigenvalue weighted by atomic mass is 35.5. The van der Waals surface area contributed by atoms with Crippen molar-refractivity contribution in [2.45, 2.75) is 27.2 Å². The molecule has 0 bridgehead atoms. The average molecular weight is 369 g/mol. The molecule has 0 saturated heterocycles. The summed E-state index contributed by atoms with van der Waals surface area (Å²) in [6.07, 6.45) is 1.89. The third-order valence-corrected chi connectivity index (χ3v) is 4.23. The molecule has 3 rings (SSSR count). The van der Waals surface area contributed by atoms with Crippen LogP contribution in [0.15, 0.2) is 40.9 Å². The van der Waals surface area contributed by atoms with E-state index in [1.165, 1.54) is 13.8 Å². The third-order valence-electron chi connectivity index (χ3n) is 3.90. The summed E-state index contributed by atoms with van der Waals surface area (Å²) in [6.45, 7) is 4.80. The van der Waals surface area contributed by atoms with Gasteiger partial charge < -0.3 is 4.42 Å². The number of halogens is 1. The van der Waals surface area contributed by atoms with Gasteiger partial charge in [0, 0.05) is 36.4 Å². The van der Waals surface area contributed by atoms with E-state index in [0.717, 1.165) is 5.56 Å². The second-order valence-electron chi connectivity index (χ2n) is 6.10. The van der Waals surface area contributed by atoms with E-state index in [-0.39, 0.29) is 23.7 Å². The molecule has 0 amide bonds. The van der Waals surface area contributed by atoms with E-state index >= 15 is 0 Å². The average Bonchev–Trinajstić information content (AvgIpc) is 3.01. The number of carbonyl (C=O) groups is 2. The molecule has 0 aliphatic rings. The zero-order valence-corrected chi connectivity index (χ0v) is 15.4. The minimum Gasteiger partial charge on any atom is -0.432 e. The van der Waals surface area contributed by atoms with Gasteiger partial charge in [-0.3, -0.25) is 14.6 Å². The Morgan fingerprint density at radius 1 is 1.15 bits per heavy atom. The van der Waals surface area contributed by atoms with Crippen LogP contribution >= 0.6 is 11.6 Å². The van der Waals surface area contributed by atoms with Gasteiger partial charge in [0.1, 0.15) is 11.5 Å². The number of pyridine rings is 1. The maximum absolute atomic E-state index is 12.1. The fraction of sp³-hybridized carbons (Fsp3) is 0.200. The van der Waals surface area contributed by atoms with Gasteiger partial charge in [0.25, 0.3) is 0 Å². The molecule has 2 aromatic heterocycles. The van der Waals surface area contributed by atoms with Crippen molar-refractivity contribution in [1.29, 1.82) is 0 Å².